The Bertz CT molecular complexity index is 851. The van der Waals surface area contributed by atoms with E-state index in [0.717, 1.165) is 25.2 Å². The summed E-state index contributed by atoms with van der Waals surface area (Å²) in [5.74, 6) is -0.124. The summed E-state index contributed by atoms with van der Waals surface area (Å²) < 4.78 is 0. The number of hydrogen-bond donors (Lipinski definition) is 3. The Morgan fingerprint density at radius 2 is 2.06 bits per heavy atom. The summed E-state index contributed by atoms with van der Waals surface area (Å²) in [7, 11) is 0. The van der Waals surface area contributed by atoms with Crippen LogP contribution in [-0.2, 0) is 29.0 Å². The van der Waals surface area contributed by atoms with Crippen LogP contribution in [0.25, 0.3) is 0 Å². The minimum Gasteiger partial charge on any atom is -0.368 e. The van der Waals surface area contributed by atoms with E-state index in [1.54, 1.807) is 12.5 Å². The molecule has 1 aromatic carbocycles. The number of hydrogen-bond acceptors (Lipinski definition) is 4. The number of amides is 2. The molecule has 0 aliphatic carbocycles. The molecule has 168 valence electrons. The molecule has 0 bridgehead atoms. The van der Waals surface area contributed by atoms with Gasteiger partial charge in [0, 0.05) is 31.4 Å². The minimum absolute atomic E-state index is 0.136. The Kier molecular flexibility index (Phi) is 8.23. The van der Waals surface area contributed by atoms with E-state index in [0.29, 0.717) is 18.8 Å². The van der Waals surface area contributed by atoms with Gasteiger partial charge in [0.15, 0.2) is 0 Å². The molecule has 0 fully saturated rings. The van der Waals surface area contributed by atoms with Crippen molar-refractivity contribution in [3.8, 4) is 0 Å². The molecule has 2 amide bonds. The molecule has 1 aromatic heterocycles. The molecule has 3 atom stereocenters. The smallest absolute Gasteiger partial charge is 0.240 e. The van der Waals surface area contributed by atoms with E-state index in [9.17, 15) is 9.59 Å². The van der Waals surface area contributed by atoms with Crippen molar-refractivity contribution in [3.05, 3.63) is 53.6 Å². The summed E-state index contributed by atoms with van der Waals surface area (Å²) in [5, 5.41) is 2.92. The topological polar surface area (TPSA) is 104 Å². The van der Waals surface area contributed by atoms with Crippen LogP contribution in [-0.4, -0.2) is 45.3 Å². The molecular formula is C24H35N5O2. The highest BCUT2D eigenvalue weighted by Gasteiger charge is 2.34. The van der Waals surface area contributed by atoms with Crippen LogP contribution in [0.15, 0.2) is 36.8 Å². The summed E-state index contributed by atoms with van der Waals surface area (Å²) in [6.45, 7) is 6.06. The standard InChI is InChI=1S/C24H35N5O2/c1-3-5-8-17(4-2)14-29-15-19-10-7-6-9-18(19)11-22(29)24(31)28-21(23(25)30)12-20-13-26-16-27-20/h6-7,9-10,13,16-17,21-22H,3-5,8,11-12,14-15H2,1-2H3,(H2,25,30)(H,26,27)(H,28,31)/t17?,21-,22+/m1/s1. The van der Waals surface area contributed by atoms with Gasteiger partial charge < -0.3 is 16.0 Å². The van der Waals surface area contributed by atoms with Crippen molar-refractivity contribution < 1.29 is 9.59 Å². The van der Waals surface area contributed by atoms with Gasteiger partial charge in [0.25, 0.3) is 0 Å². The van der Waals surface area contributed by atoms with Crippen molar-refractivity contribution in [1.29, 1.82) is 0 Å². The summed E-state index contributed by atoms with van der Waals surface area (Å²) >= 11 is 0. The molecule has 0 radical (unpaired) electrons. The number of aromatic amines is 1. The fourth-order valence-corrected chi connectivity index (χ4v) is 4.38. The number of benzene rings is 1. The Morgan fingerprint density at radius 1 is 1.29 bits per heavy atom. The molecule has 1 unspecified atom stereocenters. The third kappa shape index (κ3) is 6.17. The lowest BCUT2D eigenvalue weighted by Gasteiger charge is -2.38. The van der Waals surface area contributed by atoms with E-state index in [2.05, 4.69) is 52.2 Å². The highest BCUT2D eigenvalue weighted by Crippen LogP contribution is 2.26. The van der Waals surface area contributed by atoms with E-state index in [-0.39, 0.29) is 11.9 Å². The Labute approximate surface area is 184 Å². The SMILES string of the molecule is CCCCC(CC)CN1Cc2ccccc2C[C@H]1C(=O)N[C@H](Cc1cnc[nH]1)C(N)=O. The molecule has 3 rings (SSSR count). The molecule has 0 saturated carbocycles. The number of nitrogens with two attached hydrogens (primary N) is 1. The van der Waals surface area contributed by atoms with Gasteiger partial charge in [0.2, 0.25) is 11.8 Å². The molecule has 1 aliphatic rings. The third-order valence-corrected chi connectivity index (χ3v) is 6.32. The first kappa shape index (κ1) is 23.0. The zero-order valence-corrected chi connectivity index (χ0v) is 18.6. The molecule has 4 N–H and O–H groups in total. The van der Waals surface area contributed by atoms with E-state index in [1.165, 1.54) is 30.4 Å². The van der Waals surface area contributed by atoms with Crippen LogP contribution in [0.4, 0.5) is 0 Å². The first-order valence-electron chi connectivity index (χ1n) is 11.4. The van der Waals surface area contributed by atoms with Gasteiger partial charge in [-0.3, -0.25) is 14.5 Å². The first-order chi connectivity index (χ1) is 15.0. The average Bonchev–Trinajstić information content (AvgIpc) is 3.28. The zero-order valence-electron chi connectivity index (χ0n) is 18.6. The summed E-state index contributed by atoms with van der Waals surface area (Å²) in [6.07, 6.45) is 8.78. The molecule has 1 aliphatic heterocycles. The number of nitrogens with one attached hydrogen (secondary N) is 2. The van der Waals surface area contributed by atoms with Crippen LogP contribution >= 0.6 is 0 Å². The number of H-pyrrole nitrogens is 1. The fourth-order valence-electron chi connectivity index (χ4n) is 4.38. The zero-order chi connectivity index (χ0) is 22.2. The molecule has 2 aromatic rings. The van der Waals surface area contributed by atoms with Gasteiger partial charge in [-0.1, -0.05) is 57.4 Å². The van der Waals surface area contributed by atoms with E-state index in [4.69, 9.17) is 5.73 Å². The van der Waals surface area contributed by atoms with E-state index in [1.807, 2.05) is 6.07 Å². The number of fused-ring (bicyclic) bond motifs is 1. The molecule has 2 heterocycles. The third-order valence-electron chi connectivity index (χ3n) is 6.32. The van der Waals surface area contributed by atoms with Gasteiger partial charge in [-0.05, 0) is 29.9 Å². The van der Waals surface area contributed by atoms with Crippen LogP contribution < -0.4 is 11.1 Å². The maximum atomic E-state index is 13.4. The Hall–Kier alpha value is -2.67. The predicted molar refractivity (Wildman–Crippen MR) is 121 cm³/mol. The molecule has 7 nitrogen and oxygen atoms in total. The Morgan fingerprint density at radius 3 is 2.71 bits per heavy atom. The normalized spacial score (nSPS) is 18.2. The fraction of sp³-hybridized carbons (Fsp3) is 0.542. The monoisotopic (exact) mass is 425 g/mol. The minimum atomic E-state index is -0.769. The van der Waals surface area contributed by atoms with Gasteiger partial charge in [0.05, 0.1) is 12.4 Å². The number of rotatable bonds is 11. The lowest BCUT2D eigenvalue weighted by atomic mass is 9.90. The van der Waals surface area contributed by atoms with Crippen molar-refractivity contribution in [3.63, 3.8) is 0 Å². The van der Waals surface area contributed by atoms with Gasteiger partial charge in [-0.15, -0.1) is 0 Å². The number of primary amides is 1. The van der Waals surface area contributed by atoms with Crippen LogP contribution in [0.1, 0.15) is 56.4 Å². The largest absolute Gasteiger partial charge is 0.368 e. The highest BCUT2D eigenvalue weighted by atomic mass is 16.2. The summed E-state index contributed by atoms with van der Waals surface area (Å²) in [6, 6.07) is 7.23. The van der Waals surface area contributed by atoms with Crippen LogP contribution in [0.3, 0.4) is 0 Å². The Balaban J connectivity index is 1.76. The summed E-state index contributed by atoms with van der Waals surface area (Å²) in [4.78, 5) is 34.6. The van der Waals surface area contributed by atoms with Crippen LogP contribution in [0, 0.1) is 5.92 Å². The van der Waals surface area contributed by atoms with Crippen molar-refractivity contribution >= 4 is 11.8 Å². The second kappa shape index (κ2) is 11.1. The number of aromatic nitrogens is 2. The van der Waals surface area contributed by atoms with E-state index >= 15 is 0 Å². The van der Waals surface area contributed by atoms with Crippen molar-refractivity contribution in [2.75, 3.05) is 6.54 Å². The number of imidazole rings is 1. The predicted octanol–water partition coefficient (Wildman–Crippen LogP) is 2.57. The summed E-state index contributed by atoms with van der Waals surface area (Å²) in [5.41, 5.74) is 8.84. The second-order valence-corrected chi connectivity index (χ2v) is 8.58. The quantitative estimate of drug-likeness (QED) is 0.515. The van der Waals surface area contributed by atoms with Crippen LogP contribution in [0.2, 0.25) is 0 Å². The lowest BCUT2D eigenvalue weighted by molar-refractivity contribution is -0.131. The van der Waals surface area contributed by atoms with Gasteiger partial charge in [-0.25, -0.2) is 4.98 Å². The van der Waals surface area contributed by atoms with Crippen LogP contribution in [0.5, 0.6) is 0 Å². The van der Waals surface area contributed by atoms with Crippen molar-refractivity contribution in [1.82, 2.24) is 20.2 Å². The number of carbonyl (C=O) groups is 2. The number of carbonyl (C=O) groups excluding carboxylic acids is 2. The highest BCUT2D eigenvalue weighted by molar-refractivity contribution is 5.89. The number of unbranched alkanes of at least 4 members (excludes halogenated alkanes) is 1. The average molecular weight is 426 g/mol. The van der Waals surface area contributed by atoms with Gasteiger partial charge in [0.1, 0.15) is 6.04 Å². The molecule has 7 heteroatoms. The maximum Gasteiger partial charge on any atom is 0.240 e. The molecule has 0 saturated heterocycles. The second-order valence-electron chi connectivity index (χ2n) is 8.58. The number of nitrogens with zero attached hydrogens (tertiary/aromatic N) is 2. The maximum absolute atomic E-state index is 13.4. The van der Waals surface area contributed by atoms with Gasteiger partial charge >= 0.3 is 0 Å². The molecular weight excluding hydrogens is 390 g/mol. The first-order valence-corrected chi connectivity index (χ1v) is 11.4. The molecule has 31 heavy (non-hydrogen) atoms. The lowest BCUT2D eigenvalue weighted by Crippen LogP contribution is -2.56. The van der Waals surface area contributed by atoms with E-state index < -0.39 is 11.9 Å². The van der Waals surface area contributed by atoms with Gasteiger partial charge in [-0.2, -0.15) is 0 Å². The van der Waals surface area contributed by atoms with Crippen molar-refractivity contribution in [2.45, 2.75) is 71.0 Å². The van der Waals surface area contributed by atoms with Crippen molar-refractivity contribution in [2.24, 2.45) is 11.7 Å². The molecule has 0 spiro atoms.